The smallest absolute Gasteiger partial charge is 0.0102 e. The first-order valence-corrected chi connectivity index (χ1v) is 7.37. The zero-order valence-electron chi connectivity index (χ0n) is 12.6. The highest BCUT2D eigenvalue weighted by Crippen LogP contribution is 2.28. The molecule has 0 saturated heterocycles. The van der Waals surface area contributed by atoms with E-state index in [4.69, 9.17) is 0 Å². The zero-order chi connectivity index (χ0) is 12.9. The summed E-state index contributed by atoms with van der Waals surface area (Å²) in [5.41, 5.74) is 0.355. The van der Waals surface area contributed by atoms with Crippen molar-refractivity contribution in [1.29, 1.82) is 0 Å². The topological polar surface area (TPSA) is 15.3 Å². The Morgan fingerprint density at radius 3 is 2.47 bits per heavy atom. The number of nitrogens with one attached hydrogen (secondary N) is 1. The molecular formula is C15H32N2. The van der Waals surface area contributed by atoms with Crippen molar-refractivity contribution in [3.63, 3.8) is 0 Å². The fraction of sp³-hybridized carbons (Fsp3) is 1.00. The lowest BCUT2D eigenvalue weighted by molar-refractivity contribution is 0.129. The Kier molecular flexibility index (Phi) is 5.94. The van der Waals surface area contributed by atoms with Crippen LogP contribution in [0.3, 0.4) is 0 Å². The van der Waals surface area contributed by atoms with E-state index in [0.717, 1.165) is 12.5 Å². The number of rotatable bonds is 8. The lowest BCUT2D eigenvalue weighted by Crippen LogP contribution is -2.47. The molecular weight excluding hydrogens is 208 g/mol. The first-order chi connectivity index (χ1) is 7.95. The summed E-state index contributed by atoms with van der Waals surface area (Å²) in [6.45, 7) is 13.0. The van der Waals surface area contributed by atoms with E-state index in [2.05, 4.69) is 45.0 Å². The van der Waals surface area contributed by atoms with Gasteiger partial charge in [-0.25, -0.2) is 0 Å². The van der Waals surface area contributed by atoms with Crippen molar-refractivity contribution in [3.8, 4) is 0 Å². The van der Waals surface area contributed by atoms with Gasteiger partial charge in [0.1, 0.15) is 0 Å². The molecule has 0 amide bonds. The third kappa shape index (κ3) is 4.97. The van der Waals surface area contributed by atoms with E-state index in [-0.39, 0.29) is 0 Å². The van der Waals surface area contributed by atoms with Gasteiger partial charge in [0.15, 0.2) is 0 Å². The normalized spacial score (nSPS) is 19.4. The second-order valence-corrected chi connectivity index (χ2v) is 6.66. The summed E-state index contributed by atoms with van der Waals surface area (Å²) in [7, 11) is 2.28. The maximum Gasteiger partial charge on any atom is 0.0102 e. The van der Waals surface area contributed by atoms with Crippen LogP contribution in [0.15, 0.2) is 0 Å². The molecule has 1 N–H and O–H groups in total. The van der Waals surface area contributed by atoms with Crippen LogP contribution in [0.5, 0.6) is 0 Å². The molecule has 0 radical (unpaired) electrons. The Bertz CT molecular complexity index is 209. The van der Waals surface area contributed by atoms with Crippen LogP contribution in [-0.4, -0.2) is 37.6 Å². The number of nitrogens with zero attached hydrogens (tertiary/aromatic N) is 1. The molecule has 0 aromatic heterocycles. The monoisotopic (exact) mass is 240 g/mol. The molecule has 102 valence electrons. The Morgan fingerprint density at radius 2 is 2.00 bits per heavy atom. The molecule has 1 rings (SSSR count). The van der Waals surface area contributed by atoms with E-state index in [1.165, 1.54) is 38.8 Å². The predicted molar refractivity (Wildman–Crippen MR) is 76.4 cm³/mol. The van der Waals surface area contributed by atoms with E-state index in [9.17, 15) is 0 Å². The van der Waals surface area contributed by atoms with Gasteiger partial charge in [0.2, 0.25) is 0 Å². The van der Waals surface area contributed by atoms with Crippen LogP contribution < -0.4 is 5.32 Å². The van der Waals surface area contributed by atoms with Crippen LogP contribution in [0.2, 0.25) is 0 Å². The van der Waals surface area contributed by atoms with Crippen LogP contribution >= 0.6 is 0 Å². The van der Waals surface area contributed by atoms with Crippen molar-refractivity contribution in [2.24, 2.45) is 11.3 Å². The molecule has 0 aromatic rings. The minimum Gasteiger partial charge on any atom is -0.314 e. The van der Waals surface area contributed by atoms with E-state index >= 15 is 0 Å². The van der Waals surface area contributed by atoms with Gasteiger partial charge in [0, 0.05) is 19.1 Å². The quantitative estimate of drug-likeness (QED) is 0.701. The molecule has 1 fully saturated rings. The summed E-state index contributed by atoms with van der Waals surface area (Å²) in [4.78, 5) is 2.54. The van der Waals surface area contributed by atoms with Gasteiger partial charge in [0.05, 0.1) is 0 Å². The molecule has 0 aromatic carbocycles. The average Bonchev–Trinajstić information content (AvgIpc) is 2.19. The fourth-order valence-corrected chi connectivity index (χ4v) is 2.65. The van der Waals surface area contributed by atoms with Crippen molar-refractivity contribution >= 4 is 0 Å². The molecule has 1 atom stereocenters. The largest absolute Gasteiger partial charge is 0.314 e. The van der Waals surface area contributed by atoms with Gasteiger partial charge in [-0.05, 0) is 51.1 Å². The Balaban J connectivity index is 2.29. The summed E-state index contributed by atoms with van der Waals surface area (Å²) in [6.07, 6.45) is 5.58. The van der Waals surface area contributed by atoms with E-state index < -0.39 is 0 Å². The summed E-state index contributed by atoms with van der Waals surface area (Å²) in [6, 6.07) is 0.589. The molecule has 0 bridgehead atoms. The van der Waals surface area contributed by atoms with E-state index in [0.29, 0.717) is 11.5 Å². The van der Waals surface area contributed by atoms with Crippen LogP contribution in [-0.2, 0) is 0 Å². The Labute approximate surface area is 108 Å². The lowest BCUT2D eigenvalue weighted by Gasteiger charge is -2.38. The van der Waals surface area contributed by atoms with Crippen molar-refractivity contribution in [2.45, 2.75) is 59.4 Å². The Morgan fingerprint density at radius 1 is 1.35 bits per heavy atom. The predicted octanol–water partition coefficient (Wildman–Crippen LogP) is 3.13. The van der Waals surface area contributed by atoms with E-state index in [1.54, 1.807) is 0 Å². The first kappa shape index (κ1) is 15.0. The first-order valence-electron chi connectivity index (χ1n) is 7.37. The highest BCUT2D eigenvalue weighted by atomic mass is 15.1. The fourth-order valence-electron chi connectivity index (χ4n) is 2.65. The second-order valence-electron chi connectivity index (χ2n) is 6.66. The molecule has 0 spiro atoms. The number of hydrogen-bond donors (Lipinski definition) is 1. The summed E-state index contributed by atoms with van der Waals surface area (Å²) >= 11 is 0. The van der Waals surface area contributed by atoms with Gasteiger partial charge in [-0.2, -0.15) is 0 Å². The lowest BCUT2D eigenvalue weighted by atomic mass is 9.82. The van der Waals surface area contributed by atoms with Crippen LogP contribution in [0.25, 0.3) is 0 Å². The summed E-state index contributed by atoms with van der Waals surface area (Å²) < 4.78 is 0. The molecule has 0 heterocycles. The second kappa shape index (κ2) is 6.75. The van der Waals surface area contributed by atoms with Gasteiger partial charge in [-0.15, -0.1) is 0 Å². The van der Waals surface area contributed by atoms with Crippen molar-refractivity contribution in [1.82, 2.24) is 10.2 Å². The molecule has 2 nitrogen and oxygen atoms in total. The van der Waals surface area contributed by atoms with Gasteiger partial charge in [-0.1, -0.05) is 27.2 Å². The highest BCUT2D eigenvalue weighted by Gasteiger charge is 2.28. The maximum atomic E-state index is 3.63. The molecule has 1 aliphatic rings. The van der Waals surface area contributed by atoms with Gasteiger partial charge in [0.25, 0.3) is 0 Å². The van der Waals surface area contributed by atoms with Gasteiger partial charge in [-0.3, -0.25) is 0 Å². The molecule has 0 aliphatic heterocycles. The number of hydrogen-bond acceptors (Lipinski definition) is 2. The Hall–Kier alpha value is -0.0800. The van der Waals surface area contributed by atoms with Crippen molar-refractivity contribution < 1.29 is 0 Å². The van der Waals surface area contributed by atoms with E-state index in [1.807, 2.05) is 0 Å². The third-order valence-electron chi connectivity index (χ3n) is 4.34. The van der Waals surface area contributed by atoms with Crippen LogP contribution in [0.1, 0.15) is 53.4 Å². The van der Waals surface area contributed by atoms with Gasteiger partial charge >= 0.3 is 0 Å². The van der Waals surface area contributed by atoms with Crippen molar-refractivity contribution in [2.75, 3.05) is 26.7 Å². The third-order valence-corrected chi connectivity index (χ3v) is 4.34. The molecule has 1 unspecified atom stereocenters. The summed E-state index contributed by atoms with van der Waals surface area (Å²) in [5, 5.41) is 3.63. The summed E-state index contributed by atoms with van der Waals surface area (Å²) in [5.74, 6) is 0.981. The van der Waals surface area contributed by atoms with Crippen molar-refractivity contribution in [3.05, 3.63) is 0 Å². The maximum absolute atomic E-state index is 3.63. The zero-order valence-corrected chi connectivity index (χ0v) is 12.6. The minimum absolute atomic E-state index is 0.355. The molecule has 1 aliphatic carbocycles. The minimum atomic E-state index is 0.355. The molecule has 17 heavy (non-hydrogen) atoms. The highest BCUT2D eigenvalue weighted by molar-refractivity contribution is 4.84. The van der Waals surface area contributed by atoms with Crippen LogP contribution in [0.4, 0.5) is 0 Å². The standard InChI is InChI=1S/C15H32N2/c1-6-10-16-13(2)15(3,4)12-17(5)11-14-8-7-9-14/h13-14,16H,6-12H2,1-5H3. The molecule has 1 saturated carbocycles. The average molecular weight is 240 g/mol. The van der Waals surface area contributed by atoms with Gasteiger partial charge < -0.3 is 10.2 Å². The molecule has 2 heteroatoms. The SMILES string of the molecule is CCCNC(C)C(C)(C)CN(C)CC1CCC1. The van der Waals surface area contributed by atoms with Crippen LogP contribution in [0, 0.1) is 11.3 Å².